The van der Waals surface area contributed by atoms with E-state index in [1.807, 2.05) is 0 Å². The minimum atomic E-state index is -4.74. The Balaban J connectivity index is 2.86. The summed E-state index contributed by atoms with van der Waals surface area (Å²) in [5.41, 5.74) is -2.13. The second-order valence-electron chi connectivity index (χ2n) is 4.33. The van der Waals surface area contributed by atoms with Crippen LogP contribution in [0.15, 0.2) is 24.3 Å². The zero-order valence-corrected chi connectivity index (χ0v) is 11.4. The molecule has 0 aliphatic rings. The van der Waals surface area contributed by atoms with Crippen molar-refractivity contribution in [3.05, 3.63) is 35.4 Å². The summed E-state index contributed by atoms with van der Waals surface area (Å²) >= 11 is 0. The van der Waals surface area contributed by atoms with Gasteiger partial charge in [0.1, 0.15) is 5.92 Å². The van der Waals surface area contributed by atoms with Gasteiger partial charge in [0.2, 0.25) is 0 Å². The van der Waals surface area contributed by atoms with Gasteiger partial charge in [-0.1, -0.05) is 12.1 Å². The van der Waals surface area contributed by atoms with Gasteiger partial charge in [0.25, 0.3) is 0 Å². The van der Waals surface area contributed by atoms with Gasteiger partial charge in [-0.3, -0.25) is 4.79 Å². The van der Waals surface area contributed by atoms with E-state index >= 15 is 0 Å². The molecular formula is C14H11F3N2O3. The second-order valence-corrected chi connectivity index (χ2v) is 4.33. The first-order valence-electron chi connectivity index (χ1n) is 5.99. The number of carbonyl (C=O) groups excluding carboxylic acids is 2. The Morgan fingerprint density at radius 2 is 1.95 bits per heavy atom. The third-order valence-corrected chi connectivity index (χ3v) is 2.68. The number of esters is 1. The van der Waals surface area contributed by atoms with Crippen LogP contribution >= 0.6 is 0 Å². The van der Waals surface area contributed by atoms with E-state index < -0.39 is 41.6 Å². The molecule has 8 heteroatoms. The van der Waals surface area contributed by atoms with Crippen LogP contribution in [0.4, 0.5) is 13.2 Å². The summed E-state index contributed by atoms with van der Waals surface area (Å²) in [5, 5.41) is 15.9. The van der Waals surface area contributed by atoms with Gasteiger partial charge in [-0.05, 0) is 19.1 Å². The van der Waals surface area contributed by atoms with Crippen molar-refractivity contribution in [3.8, 4) is 6.07 Å². The highest BCUT2D eigenvalue weighted by Gasteiger charge is 2.35. The highest BCUT2D eigenvalue weighted by molar-refractivity contribution is 6.06. The predicted molar refractivity (Wildman–Crippen MR) is 69.2 cm³/mol. The van der Waals surface area contributed by atoms with Crippen LogP contribution < -0.4 is 0 Å². The average Bonchev–Trinajstić information content (AvgIpc) is 2.44. The smallest absolute Gasteiger partial charge is 0.417 e. The van der Waals surface area contributed by atoms with Gasteiger partial charge >= 0.3 is 12.1 Å². The van der Waals surface area contributed by atoms with E-state index in [0.29, 0.717) is 0 Å². The van der Waals surface area contributed by atoms with E-state index in [-0.39, 0.29) is 5.71 Å². The molecule has 1 rings (SSSR count). The molecule has 0 fully saturated rings. The van der Waals surface area contributed by atoms with E-state index in [1.54, 1.807) is 6.07 Å². The number of ketones is 1. The molecule has 1 aromatic carbocycles. The highest BCUT2D eigenvalue weighted by atomic mass is 19.4. The molecule has 1 aromatic rings. The molecule has 0 aliphatic carbocycles. The van der Waals surface area contributed by atoms with Crippen LogP contribution in [-0.2, 0) is 15.7 Å². The molecule has 5 nitrogen and oxygen atoms in total. The molecule has 0 aromatic heterocycles. The van der Waals surface area contributed by atoms with Crippen molar-refractivity contribution in [1.82, 2.24) is 0 Å². The lowest BCUT2D eigenvalue weighted by atomic mass is 10.0. The van der Waals surface area contributed by atoms with Gasteiger partial charge in [0.05, 0.1) is 17.2 Å². The molecule has 1 N–H and O–H groups in total. The van der Waals surface area contributed by atoms with Gasteiger partial charge in [-0.25, -0.2) is 4.79 Å². The number of alkyl halides is 3. The lowest BCUT2D eigenvalue weighted by molar-refractivity contribution is -0.138. The summed E-state index contributed by atoms with van der Waals surface area (Å²) in [6.45, 7) is 0.353. The zero-order chi connectivity index (χ0) is 16.9. The van der Waals surface area contributed by atoms with Gasteiger partial charge < -0.3 is 10.1 Å². The fourth-order valence-corrected chi connectivity index (χ4v) is 1.62. The molecule has 0 saturated heterocycles. The van der Waals surface area contributed by atoms with E-state index in [4.69, 9.17) is 10.7 Å². The number of hydrogen-bond acceptors (Lipinski definition) is 5. The third-order valence-electron chi connectivity index (χ3n) is 2.68. The Morgan fingerprint density at radius 3 is 2.45 bits per heavy atom. The fourth-order valence-electron chi connectivity index (χ4n) is 1.62. The average molecular weight is 312 g/mol. The first-order chi connectivity index (χ1) is 10.2. The zero-order valence-electron chi connectivity index (χ0n) is 11.4. The maximum atomic E-state index is 12.8. The highest BCUT2D eigenvalue weighted by Crippen LogP contribution is 2.32. The van der Waals surface area contributed by atoms with Crippen LogP contribution in [0.1, 0.15) is 22.8 Å². The molecular weight excluding hydrogens is 301 g/mol. The topological polar surface area (TPSA) is 91.0 Å². The first kappa shape index (κ1) is 17.4. The van der Waals surface area contributed by atoms with Gasteiger partial charge in [0, 0.05) is 5.71 Å². The number of rotatable bonds is 5. The van der Waals surface area contributed by atoms with E-state index in [1.165, 1.54) is 13.0 Å². The molecule has 0 amide bonds. The van der Waals surface area contributed by atoms with Crippen molar-refractivity contribution in [1.29, 1.82) is 10.7 Å². The monoisotopic (exact) mass is 312 g/mol. The molecule has 22 heavy (non-hydrogen) atoms. The quantitative estimate of drug-likeness (QED) is 0.668. The SMILES string of the molecule is CC(=N)C(C#N)C(=O)COC(=O)c1ccccc1C(F)(F)F. The Hall–Kier alpha value is -2.69. The molecule has 116 valence electrons. The number of nitrogens with one attached hydrogen (secondary N) is 1. The van der Waals surface area contributed by atoms with Crippen molar-refractivity contribution in [2.75, 3.05) is 6.61 Å². The lowest BCUT2D eigenvalue weighted by Crippen LogP contribution is -2.26. The van der Waals surface area contributed by atoms with Gasteiger partial charge in [0.15, 0.2) is 12.4 Å². The number of nitriles is 1. The molecule has 0 aliphatic heterocycles. The summed E-state index contributed by atoms with van der Waals surface area (Å²) in [5.74, 6) is -3.57. The Bertz CT molecular complexity index is 647. The van der Waals surface area contributed by atoms with Crippen LogP contribution in [0.5, 0.6) is 0 Å². The molecule has 0 saturated carbocycles. The van der Waals surface area contributed by atoms with E-state index in [2.05, 4.69) is 4.74 Å². The van der Waals surface area contributed by atoms with Crippen LogP contribution in [-0.4, -0.2) is 24.1 Å². The molecule has 1 atom stereocenters. The number of Topliss-reactive ketones (excluding diaryl/α,β-unsaturated/α-hetero) is 1. The molecule has 0 spiro atoms. The number of hydrogen-bond donors (Lipinski definition) is 1. The van der Waals surface area contributed by atoms with Crippen molar-refractivity contribution in [2.45, 2.75) is 13.1 Å². The summed E-state index contributed by atoms with van der Waals surface area (Å²) < 4.78 is 42.8. The Labute approximate surface area is 123 Å². The van der Waals surface area contributed by atoms with E-state index in [9.17, 15) is 22.8 Å². The summed E-state index contributed by atoms with van der Waals surface area (Å²) in [4.78, 5) is 23.3. The molecule has 1 unspecified atom stereocenters. The lowest BCUT2D eigenvalue weighted by Gasteiger charge is -2.12. The van der Waals surface area contributed by atoms with Gasteiger partial charge in [-0.15, -0.1) is 0 Å². The van der Waals surface area contributed by atoms with Crippen LogP contribution in [0.3, 0.4) is 0 Å². The Morgan fingerprint density at radius 1 is 1.36 bits per heavy atom. The molecule has 0 bridgehead atoms. The van der Waals surface area contributed by atoms with Crippen molar-refractivity contribution in [2.24, 2.45) is 5.92 Å². The first-order valence-corrected chi connectivity index (χ1v) is 5.99. The van der Waals surface area contributed by atoms with Gasteiger partial charge in [-0.2, -0.15) is 18.4 Å². The minimum Gasteiger partial charge on any atom is -0.454 e. The molecule has 0 radical (unpaired) electrons. The molecule has 0 heterocycles. The standard InChI is InChI=1S/C14H11F3N2O3/c1-8(19)10(6-18)12(20)7-22-13(21)9-4-2-3-5-11(9)14(15,16)17/h2-5,10,19H,7H2,1H3. The maximum absolute atomic E-state index is 12.8. The number of halogens is 3. The van der Waals surface area contributed by atoms with Crippen LogP contribution in [0.25, 0.3) is 0 Å². The maximum Gasteiger partial charge on any atom is 0.417 e. The van der Waals surface area contributed by atoms with Crippen molar-refractivity contribution >= 4 is 17.5 Å². The number of nitrogens with zero attached hydrogens (tertiary/aromatic N) is 1. The van der Waals surface area contributed by atoms with Crippen LogP contribution in [0, 0.1) is 22.7 Å². The Kier molecular flexibility index (Phi) is 5.40. The summed E-state index contributed by atoms with van der Waals surface area (Å²) in [6.07, 6.45) is -4.74. The second kappa shape index (κ2) is 6.85. The number of ether oxygens (including phenoxy) is 1. The number of benzene rings is 1. The normalized spacial score (nSPS) is 12.1. The number of carbonyl (C=O) groups is 2. The van der Waals surface area contributed by atoms with Crippen LogP contribution in [0.2, 0.25) is 0 Å². The largest absolute Gasteiger partial charge is 0.454 e. The third kappa shape index (κ3) is 4.15. The predicted octanol–water partition coefficient (Wildman–Crippen LogP) is 2.61. The summed E-state index contributed by atoms with van der Waals surface area (Å²) in [6, 6.07) is 5.55. The van der Waals surface area contributed by atoms with Crippen molar-refractivity contribution in [3.63, 3.8) is 0 Å². The summed E-state index contributed by atoms with van der Waals surface area (Å²) in [7, 11) is 0. The van der Waals surface area contributed by atoms with Crippen molar-refractivity contribution < 1.29 is 27.5 Å². The van der Waals surface area contributed by atoms with E-state index in [0.717, 1.165) is 18.2 Å². The minimum absolute atomic E-state index is 0.237. The fraction of sp³-hybridized carbons (Fsp3) is 0.286.